The van der Waals surface area contributed by atoms with Crippen LogP contribution in [-0.4, -0.2) is 46.5 Å². The smallest absolute Gasteiger partial charge is 0.235 e. The number of benzene rings is 1. The van der Waals surface area contributed by atoms with Crippen LogP contribution in [0, 0.1) is 6.92 Å². The van der Waals surface area contributed by atoms with E-state index in [1.54, 1.807) is 13.0 Å². The Labute approximate surface area is 175 Å². The van der Waals surface area contributed by atoms with Crippen LogP contribution in [0.15, 0.2) is 34.9 Å². The van der Waals surface area contributed by atoms with Gasteiger partial charge in [0.05, 0.1) is 11.5 Å². The summed E-state index contributed by atoms with van der Waals surface area (Å²) < 4.78 is 4.90. The average Bonchev–Trinajstić information content (AvgIpc) is 3.12. The molecule has 1 aliphatic heterocycles. The van der Waals surface area contributed by atoms with Crippen molar-refractivity contribution in [1.82, 2.24) is 15.4 Å². The largest absolute Gasteiger partial charge is 0.360 e. The highest BCUT2D eigenvalue weighted by molar-refractivity contribution is 8.00. The summed E-state index contributed by atoms with van der Waals surface area (Å²) in [5.41, 5.74) is 2.42. The Kier molecular flexibility index (Phi) is 8.13. The van der Waals surface area contributed by atoms with E-state index in [0.29, 0.717) is 18.1 Å². The van der Waals surface area contributed by atoms with Crippen LogP contribution in [0.1, 0.15) is 36.1 Å². The molecule has 29 heavy (non-hydrogen) atoms. The lowest BCUT2D eigenvalue weighted by atomic mass is 10.0. The summed E-state index contributed by atoms with van der Waals surface area (Å²) in [6.45, 7) is 5.49. The molecule has 2 amide bonds. The first kappa shape index (κ1) is 21.4. The summed E-state index contributed by atoms with van der Waals surface area (Å²) >= 11 is 1.27. The zero-order valence-electron chi connectivity index (χ0n) is 16.8. The molecule has 156 valence electrons. The molecule has 0 unspecified atom stereocenters. The number of carbonyl (C=O) groups is 2. The third-order valence-corrected chi connectivity index (χ3v) is 5.73. The van der Waals surface area contributed by atoms with Crippen molar-refractivity contribution < 1.29 is 14.1 Å². The molecule has 0 radical (unpaired) electrons. The van der Waals surface area contributed by atoms with E-state index in [1.165, 1.54) is 36.6 Å². The lowest BCUT2D eigenvalue weighted by Crippen LogP contribution is -2.30. The van der Waals surface area contributed by atoms with E-state index in [-0.39, 0.29) is 23.3 Å². The van der Waals surface area contributed by atoms with Crippen molar-refractivity contribution in [3.63, 3.8) is 0 Å². The molecule has 3 rings (SSSR count). The van der Waals surface area contributed by atoms with E-state index < -0.39 is 0 Å². The number of nitrogens with one attached hydrogen (secondary N) is 2. The van der Waals surface area contributed by atoms with Gasteiger partial charge in [-0.15, -0.1) is 11.8 Å². The Balaban J connectivity index is 1.38. The average molecular weight is 417 g/mol. The first-order valence-corrected chi connectivity index (χ1v) is 11.1. The predicted molar refractivity (Wildman–Crippen MR) is 115 cm³/mol. The van der Waals surface area contributed by atoms with Crippen LogP contribution in [0.5, 0.6) is 0 Å². The summed E-state index contributed by atoms with van der Waals surface area (Å²) in [5, 5.41) is 9.32. The zero-order chi connectivity index (χ0) is 20.5. The number of aryl methyl sites for hydroxylation is 1. The van der Waals surface area contributed by atoms with Gasteiger partial charge in [-0.1, -0.05) is 35.8 Å². The lowest BCUT2D eigenvalue weighted by Gasteiger charge is -2.27. The number of piperidine rings is 1. The SMILES string of the molecule is Cc1cc(NC(=O)CSCC(=O)NCc2ccccc2CN2CCCCC2)no1. The van der Waals surface area contributed by atoms with Crippen molar-refractivity contribution in [2.24, 2.45) is 0 Å². The molecule has 0 aliphatic carbocycles. The van der Waals surface area contributed by atoms with E-state index >= 15 is 0 Å². The normalized spacial score (nSPS) is 14.5. The maximum Gasteiger partial charge on any atom is 0.235 e. The number of nitrogens with zero attached hydrogens (tertiary/aromatic N) is 2. The van der Waals surface area contributed by atoms with E-state index in [1.807, 2.05) is 6.07 Å². The van der Waals surface area contributed by atoms with Gasteiger partial charge in [0.15, 0.2) is 5.82 Å². The van der Waals surface area contributed by atoms with Crippen LogP contribution in [0.4, 0.5) is 5.82 Å². The Morgan fingerprint density at radius 3 is 2.55 bits per heavy atom. The highest BCUT2D eigenvalue weighted by Crippen LogP contribution is 2.16. The Morgan fingerprint density at radius 1 is 1.10 bits per heavy atom. The standard InChI is InChI=1S/C21H28N4O3S/c1-16-11-19(24-28-16)23-21(27)15-29-14-20(26)22-12-17-7-3-4-8-18(17)13-25-9-5-2-6-10-25/h3-4,7-8,11H,2,5-6,9-10,12-15H2,1H3,(H,22,26)(H,23,24,27). The van der Waals surface area contributed by atoms with E-state index in [0.717, 1.165) is 25.2 Å². The van der Waals surface area contributed by atoms with E-state index in [9.17, 15) is 9.59 Å². The number of amides is 2. The molecule has 8 heteroatoms. The number of rotatable bonds is 9. The molecular weight excluding hydrogens is 388 g/mol. The molecule has 0 saturated carbocycles. The van der Waals surface area contributed by atoms with Crippen LogP contribution in [0.2, 0.25) is 0 Å². The van der Waals surface area contributed by atoms with E-state index in [2.05, 4.69) is 38.9 Å². The molecule has 1 saturated heterocycles. The van der Waals surface area contributed by atoms with Gasteiger partial charge in [0.25, 0.3) is 0 Å². The second-order valence-corrected chi connectivity index (χ2v) is 8.23. The van der Waals surface area contributed by atoms with Crippen molar-refractivity contribution in [2.45, 2.75) is 39.3 Å². The number of likely N-dealkylation sites (tertiary alicyclic amines) is 1. The summed E-state index contributed by atoms with van der Waals surface area (Å²) in [4.78, 5) is 26.5. The quantitative estimate of drug-likeness (QED) is 0.654. The van der Waals surface area contributed by atoms with Gasteiger partial charge in [0.2, 0.25) is 11.8 Å². The first-order chi connectivity index (χ1) is 14.1. The third-order valence-electron chi connectivity index (χ3n) is 4.80. The van der Waals surface area contributed by atoms with Crippen molar-refractivity contribution in [3.8, 4) is 0 Å². The van der Waals surface area contributed by atoms with Crippen LogP contribution >= 0.6 is 11.8 Å². The zero-order valence-corrected chi connectivity index (χ0v) is 17.6. The first-order valence-electron chi connectivity index (χ1n) is 9.97. The predicted octanol–water partition coefficient (Wildman–Crippen LogP) is 2.96. The van der Waals surface area contributed by atoms with Crippen molar-refractivity contribution in [3.05, 3.63) is 47.2 Å². The maximum atomic E-state index is 12.2. The lowest BCUT2D eigenvalue weighted by molar-refractivity contribution is -0.118. The second-order valence-electron chi connectivity index (χ2n) is 7.25. The molecule has 2 aromatic rings. The van der Waals surface area contributed by atoms with Crippen LogP contribution in [0.25, 0.3) is 0 Å². The summed E-state index contributed by atoms with van der Waals surface area (Å²) in [6.07, 6.45) is 3.85. The fourth-order valence-electron chi connectivity index (χ4n) is 3.33. The highest BCUT2D eigenvalue weighted by Gasteiger charge is 2.13. The molecule has 0 bridgehead atoms. The Hall–Kier alpha value is -2.32. The van der Waals surface area contributed by atoms with Gasteiger partial charge in [0, 0.05) is 19.2 Å². The molecule has 2 N–H and O–H groups in total. The number of anilines is 1. The van der Waals surface area contributed by atoms with Gasteiger partial charge < -0.3 is 15.2 Å². The molecular formula is C21H28N4O3S. The molecule has 0 atom stereocenters. The summed E-state index contributed by atoms with van der Waals surface area (Å²) in [7, 11) is 0. The van der Waals surface area contributed by atoms with Gasteiger partial charge in [0.1, 0.15) is 5.76 Å². The summed E-state index contributed by atoms with van der Waals surface area (Å²) in [5.74, 6) is 1.16. The molecule has 1 aromatic heterocycles. The Morgan fingerprint density at radius 2 is 1.83 bits per heavy atom. The molecule has 0 spiro atoms. The minimum absolute atomic E-state index is 0.0761. The molecule has 1 fully saturated rings. The third kappa shape index (κ3) is 7.21. The fraction of sp³-hybridized carbons (Fsp3) is 0.476. The molecule has 1 aliphatic rings. The minimum atomic E-state index is -0.206. The second kappa shape index (κ2) is 11.0. The number of thioether (sulfide) groups is 1. The monoisotopic (exact) mass is 416 g/mol. The van der Waals surface area contributed by atoms with Gasteiger partial charge in [-0.25, -0.2) is 0 Å². The summed E-state index contributed by atoms with van der Waals surface area (Å²) in [6, 6.07) is 9.92. The van der Waals surface area contributed by atoms with Gasteiger partial charge in [-0.2, -0.15) is 0 Å². The molecule has 7 nitrogen and oxygen atoms in total. The maximum absolute atomic E-state index is 12.2. The van der Waals surface area contributed by atoms with Gasteiger partial charge in [-0.3, -0.25) is 14.5 Å². The van der Waals surface area contributed by atoms with Crippen LogP contribution in [0.3, 0.4) is 0 Å². The minimum Gasteiger partial charge on any atom is -0.360 e. The Bertz CT molecular complexity index is 818. The fourth-order valence-corrected chi connectivity index (χ4v) is 3.98. The van der Waals surface area contributed by atoms with E-state index in [4.69, 9.17) is 4.52 Å². The number of carbonyl (C=O) groups excluding carboxylic acids is 2. The molecule has 1 aromatic carbocycles. The van der Waals surface area contributed by atoms with Crippen LogP contribution < -0.4 is 10.6 Å². The van der Waals surface area contributed by atoms with Crippen molar-refractivity contribution in [2.75, 3.05) is 29.9 Å². The molecule has 2 heterocycles. The van der Waals surface area contributed by atoms with Crippen molar-refractivity contribution >= 4 is 29.4 Å². The van der Waals surface area contributed by atoms with Gasteiger partial charge >= 0.3 is 0 Å². The highest BCUT2D eigenvalue weighted by atomic mass is 32.2. The van der Waals surface area contributed by atoms with Crippen LogP contribution in [-0.2, 0) is 22.7 Å². The van der Waals surface area contributed by atoms with Crippen molar-refractivity contribution in [1.29, 1.82) is 0 Å². The number of hydrogen-bond acceptors (Lipinski definition) is 6. The number of aromatic nitrogens is 1. The van der Waals surface area contributed by atoms with Gasteiger partial charge in [-0.05, 0) is 44.0 Å². The topological polar surface area (TPSA) is 87.5 Å². The number of hydrogen-bond donors (Lipinski definition) is 2.